The standard InChI is InChI=1S/C22H29N3O4/c1-22(2,3)18-9-6-16(7-10-18)15-24(4)21(26)17-8-11-19(23-12-13-29-5)20(14-17)25(27)28/h6-11,14,23H,12-13,15H2,1-5H3. The number of nitro groups is 1. The van der Waals surface area contributed by atoms with Gasteiger partial charge in [0.2, 0.25) is 0 Å². The van der Waals surface area contributed by atoms with Crippen molar-refractivity contribution in [3.63, 3.8) is 0 Å². The minimum Gasteiger partial charge on any atom is -0.383 e. The Morgan fingerprint density at radius 1 is 1.17 bits per heavy atom. The molecule has 0 spiro atoms. The second-order valence-electron chi connectivity index (χ2n) is 8.02. The maximum Gasteiger partial charge on any atom is 0.293 e. The molecule has 0 atom stereocenters. The van der Waals surface area contributed by atoms with E-state index in [4.69, 9.17) is 4.74 Å². The third kappa shape index (κ3) is 6.02. The van der Waals surface area contributed by atoms with Gasteiger partial charge in [0.25, 0.3) is 11.6 Å². The Hall–Kier alpha value is -2.93. The van der Waals surface area contributed by atoms with E-state index in [1.807, 2.05) is 12.1 Å². The number of hydrogen-bond acceptors (Lipinski definition) is 5. The number of ether oxygens (including phenoxy) is 1. The van der Waals surface area contributed by atoms with E-state index in [9.17, 15) is 14.9 Å². The van der Waals surface area contributed by atoms with Crippen molar-refractivity contribution in [1.82, 2.24) is 4.90 Å². The van der Waals surface area contributed by atoms with Gasteiger partial charge in [0.05, 0.1) is 11.5 Å². The highest BCUT2D eigenvalue weighted by molar-refractivity contribution is 5.95. The summed E-state index contributed by atoms with van der Waals surface area (Å²) in [7, 11) is 3.25. The maximum atomic E-state index is 12.8. The second-order valence-corrected chi connectivity index (χ2v) is 8.02. The fourth-order valence-corrected chi connectivity index (χ4v) is 2.93. The Morgan fingerprint density at radius 2 is 1.83 bits per heavy atom. The molecule has 2 rings (SSSR count). The molecule has 0 saturated heterocycles. The number of nitrogens with zero attached hydrogens (tertiary/aromatic N) is 2. The molecular weight excluding hydrogens is 370 g/mol. The summed E-state index contributed by atoms with van der Waals surface area (Å²) >= 11 is 0. The number of benzene rings is 2. The van der Waals surface area contributed by atoms with E-state index in [0.29, 0.717) is 25.4 Å². The number of methoxy groups -OCH3 is 1. The van der Waals surface area contributed by atoms with Crippen LogP contribution in [0.25, 0.3) is 0 Å². The quantitative estimate of drug-likeness (QED) is 0.408. The smallest absolute Gasteiger partial charge is 0.293 e. The van der Waals surface area contributed by atoms with E-state index in [1.54, 1.807) is 31.2 Å². The summed E-state index contributed by atoms with van der Waals surface area (Å²) in [6.07, 6.45) is 0. The van der Waals surface area contributed by atoms with Crippen molar-refractivity contribution in [2.75, 3.05) is 32.6 Å². The number of amides is 1. The van der Waals surface area contributed by atoms with E-state index in [1.165, 1.54) is 11.6 Å². The van der Waals surface area contributed by atoms with Gasteiger partial charge in [-0.2, -0.15) is 0 Å². The molecule has 0 aliphatic carbocycles. The van der Waals surface area contributed by atoms with Crippen molar-refractivity contribution in [3.8, 4) is 0 Å². The van der Waals surface area contributed by atoms with Crippen LogP contribution in [0.5, 0.6) is 0 Å². The van der Waals surface area contributed by atoms with Crippen molar-refractivity contribution in [2.45, 2.75) is 32.7 Å². The lowest BCUT2D eigenvalue weighted by Crippen LogP contribution is -2.26. The summed E-state index contributed by atoms with van der Waals surface area (Å²) in [4.78, 5) is 25.3. The average Bonchev–Trinajstić information content (AvgIpc) is 2.67. The number of anilines is 1. The van der Waals surface area contributed by atoms with Crippen LogP contribution in [0.2, 0.25) is 0 Å². The zero-order valence-corrected chi connectivity index (χ0v) is 17.7. The first-order valence-electron chi connectivity index (χ1n) is 9.49. The summed E-state index contributed by atoms with van der Waals surface area (Å²) < 4.78 is 4.95. The molecule has 0 aliphatic heterocycles. The second kappa shape index (κ2) is 9.52. The topological polar surface area (TPSA) is 84.7 Å². The van der Waals surface area contributed by atoms with Crippen LogP contribution >= 0.6 is 0 Å². The Morgan fingerprint density at radius 3 is 2.38 bits per heavy atom. The first-order valence-corrected chi connectivity index (χ1v) is 9.49. The highest BCUT2D eigenvalue weighted by Crippen LogP contribution is 2.26. The van der Waals surface area contributed by atoms with Crippen molar-refractivity contribution in [1.29, 1.82) is 0 Å². The van der Waals surface area contributed by atoms with Crippen LogP contribution in [0.15, 0.2) is 42.5 Å². The van der Waals surface area contributed by atoms with Crippen LogP contribution in [0.3, 0.4) is 0 Å². The third-order valence-corrected chi connectivity index (χ3v) is 4.65. The van der Waals surface area contributed by atoms with Gasteiger partial charge in [-0.1, -0.05) is 45.0 Å². The molecule has 1 amide bonds. The first kappa shape index (κ1) is 22.4. The lowest BCUT2D eigenvalue weighted by molar-refractivity contribution is -0.384. The van der Waals surface area contributed by atoms with E-state index < -0.39 is 4.92 Å². The van der Waals surface area contributed by atoms with Gasteiger partial charge in [-0.05, 0) is 28.7 Å². The van der Waals surface area contributed by atoms with Crippen molar-refractivity contribution in [3.05, 3.63) is 69.3 Å². The summed E-state index contributed by atoms with van der Waals surface area (Å²) in [6.45, 7) is 7.74. The average molecular weight is 399 g/mol. The highest BCUT2D eigenvalue weighted by atomic mass is 16.6. The maximum absolute atomic E-state index is 12.8. The number of nitrogens with one attached hydrogen (secondary N) is 1. The van der Waals surface area contributed by atoms with Gasteiger partial charge >= 0.3 is 0 Å². The molecule has 0 unspecified atom stereocenters. The van der Waals surface area contributed by atoms with Crippen LogP contribution in [0.4, 0.5) is 11.4 Å². The van der Waals surface area contributed by atoms with Crippen LogP contribution in [0, 0.1) is 10.1 Å². The zero-order chi connectivity index (χ0) is 21.6. The normalized spacial score (nSPS) is 11.2. The molecule has 0 fully saturated rings. The lowest BCUT2D eigenvalue weighted by Gasteiger charge is -2.21. The Bertz CT molecular complexity index is 857. The molecule has 29 heavy (non-hydrogen) atoms. The number of nitro benzene ring substituents is 1. The third-order valence-electron chi connectivity index (χ3n) is 4.65. The van der Waals surface area contributed by atoms with E-state index >= 15 is 0 Å². The Labute approximate surface area is 171 Å². The molecular formula is C22H29N3O4. The molecule has 0 bridgehead atoms. The van der Waals surface area contributed by atoms with Gasteiger partial charge in [0, 0.05) is 38.9 Å². The van der Waals surface area contributed by atoms with E-state index in [2.05, 4.69) is 38.2 Å². The van der Waals surface area contributed by atoms with Gasteiger partial charge in [-0.25, -0.2) is 0 Å². The fourth-order valence-electron chi connectivity index (χ4n) is 2.93. The van der Waals surface area contributed by atoms with E-state index in [-0.39, 0.29) is 22.6 Å². The van der Waals surface area contributed by atoms with E-state index in [0.717, 1.165) is 5.56 Å². The largest absolute Gasteiger partial charge is 0.383 e. The molecule has 1 N–H and O–H groups in total. The predicted molar refractivity (Wildman–Crippen MR) is 114 cm³/mol. The summed E-state index contributed by atoms with van der Waals surface area (Å²) in [6, 6.07) is 12.6. The highest BCUT2D eigenvalue weighted by Gasteiger charge is 2.20. The summed E-state index contributed by atoms with van der Waals surface area (Å²) in [5.74, 6) is -0.267. The van der Waals surface area contributed by atoms with Crippen LogP contribution in [-0.2, 0) is 16.7 Å². The van der Waals surface area contributed by atoms with Crippen LogP contribution < -0.4 is 5.32 Å². The van der Waals surface area contributed by atoms with Gasteiger partial charge in [-0.15, -0.1) is 0 Å². The van der Waals surface area contributed by atoms with Crippen LogP contribution in [0.1, 0.15) is 42.3 Å². The van der Waals surface area contributed by atoms with Crippen molar-refractivity contribution >= 4 is 17.3 Å². The van der Waals surface area contributed by atoms with Gasteiger partial charge < -0.3 is 15.0 Å². The number of carbonyl (C=O) groups excluding carboxylic acids is 1. The molecule has 7 nitrogen and oxygen atoms in total. The van der Waals surface area contributed by atoms with Gasteiger partial charge in [0.1, 0.15) is 5.69 Å². The summed E-state index contributed by atoms with van der Waals surface area (Å²) in [5.41, 5.74) is 2.81. The lowest BCUT2D eigenvalue weighted by atomic mass is 9.87. The molecule has 156 valence electrons. The predicted octanol–water partition coefficient (Wildman–Crippen LogP) is 4.22. The SMILES string of the molecule is COCCNc1ccc(C(=O)N(C)Cc2ccc(C(C)(C)C)cc2)cc1[N+](=O)[O-]. The minimum atomic E-state index is -0.489. The molecule has 2 aromatic rings. The van der Waals surface area contributed by atoms with Gasteiger partial charge in [0.15, 0.2) is 0 Å². The molecule has 0 radical (unpaired) electrons. The number of hydrogen-bond donors (Lipinski definition) is 1. The zero-order valence-electron chi connectivity index (χ0n) is 17.7. The van der Waals surface area contributed by atoms with Gasteiger partial charge in [-0.3, -0.25) is 14.9 Å². The molecule has 0 heterocycles. The monoisotopic (exact) mass is 399 g/mol. The molecule has 0 saturated carbocycles. The minimum absolute atomic E-state index is 0.0677. The fraction of sp³-hybridized carbons (Fsp3) is 0.409. The number of carbonyl (C=O) groups is 1. The first-order chi connectivity index (χ1) is 13.6. The number of rotatable bonds is 8. The van der Waals surface area contributed by atoms with Crippen molar-refractivity contribution < 1.29 is 14.5 Å². The molecule has 7 heteroatoms. The molecule has 0 aliphatic rings. The van der Waals surface area contributed by atoms with Crippen molar-refractivity contribution in [2.24, 2.45) is 0 Å². The molecule has 0 aromatic heterocycles. The molecule has 2 aromatic carbocycles. The Balaban J connectivity index is 2.14. The Kier molecular flexibility index (Phi) is 7.34. The van der Waals surface area contributed by atoms with Crippen LogP contribution in [-0.4, -0.2) is 43.0 Å². The summed E-state index contributed by atoms with van der Waals surface area (Å²) in [5, 5.41) is 14.4.